The van der Waals surface area contributed by atoms with Crippen LogP contribution in [0, 0.1) is 0 Å². The minimum absolute atomic E-state index is 0.212. The summed E-state index contributed by atoms with van der Waals surface area (Å²) in [6.45, 7) is 2.26. The van der Waals surface area contributed by atoms with E-state index < -0.39 is 0 Å². The van der Waals surface area contributed by atoms with Gasteiger partial charge >= 0.3 is 5.97 Å². The van der Waals surface area contributed by atoms with Crippen molar-refractivity contribution in [2.24, 2.45) is 0 Å². The molecule has 0 atom stereocenters. The Hall–Kier alpha value is -1.77. The molecule has 17 heavy (non-hydrogen) atoms. The molecule has 0 amide bonds. The Labute approximate surface area is 100.0 Å². The average Bonchev–Trinajstić information content (AvgIpc) is 3.09. The number of hydrogen-bond donors (Lipinski definition) is 0. The summed E-state index contributed by atoms with van der Waals surface area (Å²) in [6.07, 6.45) is 2.32. The van der Waals surface area contributed by atoms with E-state index in [-0.39, 0.29) is 5.97 Å². The molecule has 0 aliphatic heterocycles. The maximum Gasteiger partial charge on any atom is 0.354 e. The lowest BCUT2D eigenvalue weighted by Gasteiger charge is -2.08. The highest BCUT2D eigenvalue weighted by Crippen LogP contribution is 2.39. The van der Waals surface area contributed by atoms with E-state index in [1.165, 1.54) is 0 Å². The van der Waals surface area contributed by atoms with Crippen LogP contribution in [0.2, 0.25) is 0 Å². The molecular weight excluding hydrogens is 214 g/mol. The van der Waals surface area contributed by atoms with Crippen LogP contribution in [0.1, 0.15) is 36.3 Å². The van der Waals surface area contributed by atoms with Gasteiger partial charge in [0.1, 0.15) is 5.69 Å². The zero-order valence-corrected chi connectivity index (χ0v) is 9.85. The predicted octanol–water partition coefficient (Wildman–Crippen LogP) is 3.15. The van der Waals surface area contributed by atoms with Crippen LogP contribution in [-0.2, 0) is 4.74 Å². The molecular formula is C14H15NO2. The van der Waals surface area contributed by atoms with Crippen molar-refractivity contribution in [1.82, 2.24) is 4.57 Å². The fraction of sp³-hybridized carbons (Fsp3) is 0.357. The molecule has 1 fully saturated rings. The van der Waals surface area contributed by atoms with E-state index in [2.05, 4.69) is 10.6 Å². The van der Waals surface area contributed by atoms with Gasteiger partial charge in [0.25, 0.3) is 0 Å². The van der Waals surface area contributed by atoms with Crippen LogP contribution in [0.25, 0.3) is 10.9 Å². The second-order valence-electron chi connectivity index (χ2n) is 4.41. The van der Waals surface area contributed by atoms with Crippen molar-refractivity contribution in [3.8, 4) is 0 Å². The fourth-order valence-corrected chi connectivity index (χ4v) is 2.26. The summed E-state index contributed by atoms with van der Waals surface area (Å²) >= 11 is 0. The first-order valence-corrected chi connectivity index (χ1v) is 6.08. The number of carbonyl (C=O) groups excluding carboxylic acids is 1. The predicted molar refractivity (Wildman–Crippen MR) is 66.2 cm³/mol. The van der Waals surface area contributed by atoms with E-state index in [0.717, 1.165) is 23.7 Å². The van der Waals surface area contributed by atoms with Gasteiger partial charge in [0.2, 0.25) is 0 Å². The molecule has 1 heterocycles. The smallest absolute Gasteiger partial charge is 0.354 e. The first-order chi connectivity index (χ1) is 8.31. The van der Waals surface area contributed by atoms with Crippen LogP contribution in [0.5, 0.6) is 0 Å². The Kier molecular flexibility index (Phi) is 2.39. The fourth-order valence-electron chi connectivity index (χ4n) is 2.26. The third-order valence-corrected chi connectivity index (χ3v) is 3.14. The molecule has 0 unspecified atom stereocenters. The lowest BCUT2D eigenvalue weighted by Crippen LogP contribution is -2.11. The molecule has 1 aromatic carbocycles. The Balaban J connectivity index is 2.15. The van der Waals surface area contributed by atoms with Gasteiger partial charge in [-0.1, -0.05) is 18.2 Å². The van der Waals surface area contributed by atoms with Crippen LogP contribution in [0.4, 0.5) is 0 Å². The number of ether oxygens (including phenoxy) is 1. The number of hydrogen-bond acceptors (Lipinski definition) is 2. The van der Waals surface area contributed by atoms with Crippen molar-refractivity contribution in [2.75, 3.05) is 6.61 Å². The molecule has 0 radical (unpaired) electrons. The number of fused-ring (bicyclic) bond motifs is 1. The molecule has 88 valence electrons. The molecule has 1 saturated carbocycles. The van der Waals surface area contributed by atoms with Crippen LogP contribution < -0.4 is 0 Å². The topological polar surface area (TPSA) is 31.2 Å². The normalized spacial score (nSPS) is 15.1. The molecule has 3 nitrogen and oxygen atoms in total. The highest BCUT2D eigenvalue weighted by Gasteiger charge is 2.29. The van der Waals surface area contributed by atoms with Crippen LogP contribution in [-0.4, -0.2) is 17.1 Å². The minimum atomic E-state index is -0.212. The summed E-state index contributed by atoms with van der Waals surface area (Å²) in [5, 5.41) is 1.11. The van der Waals surface area contributed by atoms with E-state index in [1.807, 2.05) is 31.2 Å². The number of rotatable bonds is 3. The summed E-state index contributed by atoms with van der Waals surface area (Å²) in [6, 6.07) is 10.5. The van der Waals surface area contributed by atoms with Crippen molar-refractivity contribution in [1.29, 1.82) is 0 Å². The van der Waals surface area contributed by atoms with Gasteiger partial charge in [-0.15, -0.1) is 0 Å². The summed E-state index contributed by atoms with van der Waals surface area (Å²) in [5.41, 5.74) is 1.83. The van der Waals surface area contributed by atoms with Crippen LogP contribution in [0.15, 0.2) is 30.3 Å². The minimum Gasteiger partial charge on any atom is -0.461 e. The summed E-state index contributed by atoms with van der Waals surface area (Å²) in [4.78, 5) is 11.9. The van der Waals surface area contributed by atoms with Gasteiger partial charge in [-0.3, -0.25) is 0 Å². The van der Waals surface area contributed by atoms with Gasteiger partial charge in [-0.25, -0.2) is 4.79 Å². The first kappa shape index (κ1) is 10.4. The number of esters is 1. The van der Waals surface area contributed by atoms with E-state index in [0.29, 0.717) is 18.3 Å². The Morgan fingerprint density at radius 3 is 2.88 bits per heavy atom. The van der Waals surface area contributed by atoms with E-state index >= 15 is 0 Å². The first-order valence-electron chi connectivity index (χ1n) is 6.08. The summed E-state index contributed by atoms with van der Waals surface area (Å²) in [5.74, 6) is -0.212. The Morgan fingerprint density at radius 2 is 2.18 bits per heavy atom. The quantitative estimate of drug-likeness (QED) is 0.757. The molecule has 3 rings (SSSR count). The van der Waals surface area contributed by atoms with Gasteiger partial charge < -0.3 is 9.30 Å². The second-order valence-corrected chi connectivity index (χ2v) is 4.41. The van der Waals surface area contributed by atoms with Crippen molar-refractivity contribution in [3.05, 3.63) is 36.0 Å². The molecule has 2 aromatic rings. The van der Waals surface area contributed by atoms with Crippen molar-refractivity contribution in [3.63, 3.8) is 0 Å². The molecule has 3 heteroatoms. The van der Waals surface area contributed by atoms with Crippen molar-refractivity contribution >= 4 is 16.9 Å². The SMILES string of the molecule is CCOC(=O)c1cc2ccccc2n1C1CC1. The Morgan fingerprint density at radius 1 is 1.41 bits per heavy atom. The van der Waals surface area contributed by atoms with Gasteiger partial charge in [-0.05, 0) is 31.9 Å². The van der Waals surface area contributed by atoms with Gasteiger partial charge in [0, 0.05) is 16.9 Å². The highest BCUT2D eigenvalue weighted by molar-refractivity contribution is 5.95. The standard InChI is InChI=1S/C14H15NO2/c1-2-17-14(16)13-9-10-5-3-4-6-12(10)15(13)11-7-8-11/h3-6,9,11H,2,7-8H2,1H3. The maximum absolute atomic E-state index is 11.9. The van der Waals surface area contributed by atoms with Crippen LogP contribution in [0.3, 0.4) is 0 Å². The number of para-hydroxylation sites is 1. The molecule has 1 aliphatic rings. The number of aromatic nitrogens is 1. The van der Waals surface area contributed by atoms with Crippen molar-refractivity contribution in [2.45, 2.75) is 25.8 Å². The second kappa shape index (κ2) is 3.91. The molecule has 0 saturated heterocycles. The third kappa shape index (κ3) is 1.71. The summed E-state index contributed by atoms with van der Waals surface area (Å²) < 4.78 is 7.25. The number of benzene rings is 1. The lowest BCUT2D eigenvalue weighted by atomic mass is 10.2. The molecule has 0 bridgehead atoms. The lowest BCUT2D eigenvalue weighted by molar-refractivity contribution is 0.0514. The van der Waals surface area contributed by atoms with Gasteiger partial charge in [-0.2, -0.15) is 0 Å². The third-order valence-electron chi connectivity index (χ3n) is 3.14. The monoisotopic (exact) mass is 229 g/mol. The highest BCUT2D eigenvalue weighted by atomic mass is 16.5. The van der Waals surface area contributed by atoms with Crippen molar-refractivity contribution < 1.29 is 9.53 Å². The van der Waals surface area contributed by atoms with Crippen LogP contribution >= 0.6 is 0 Å². The molecule has 0 spiro atoms. The Bertz CT molecular complexity index is 567. The number of nitrogens with zero attached hydrogens (tertiary/aromatic N) is 1. The average molecular weight is 229 g/mol. The number of carbonyl (C=O) groups is 1. The zero-order valence-electron chi connectivity index (χ0n) is 9.85. The van der Waals surface area contributed by atoms with Gasteiger partial charge in [0.15, 0.2) is 0 Å². The van der Waals surface area contributed by atoms with E-state index in [4.69, 9.17) is 4.74 Å². The maximum atomic E-state index is 11.9. The zero-order chi connectivity index (χ0) is 11.8. The molecule has 0 N–H and O–H groups in total. The summed E-state index contributed by atoms with van der Waals surface area (Å²) in [7, 11) is 0. The largest absolute Gasteiger partial charge is 0.461 e. The molecule has 1 aromatic heterocycles. The van der Waals surface area contributed by atoms with Gasteiger partial charge in [0.05, 0.1) is 6.61 Å². The van der Waals surface area contributed by atoms with E-state index in [1.54, 1.807) is 0 Å². The molecule has 1 aliphatic carbocycles. The van der Waals surface area contributed by atoms with E-state index in [9.17, 15) is 4.79 Å².